The molecule has 4 N–H and O–H groups in total. The van der Waals surface area contributed by atoms with Crippen molar-refractivity contribution in [2.24, 2.45) is 16.9 Å². The second-order valence-corrected chi connectivity index (χ2v) is 10.2. The highest BCUT2D eigenvalue weighted by atomic mass is 16.6. The van der Waals surface area contributed by atoms with Crippen molar-refractivity contribution in [3.05, 3.63) is 107 Å². The third-order valence-electron chi connectivity index (χ3n) is 7.35. The van der Waals surface area contributed by atoms with Crippen LogP contribution in [0.1, 0.15) is 46.6 Å². The molecule has 0 saturated carbocycles. The second kappa shape index (κ2) is 10.6. The van der Waals surface area contributed by atoms with Gasteiger partial charge in [-0.15, -0.1) is 0 Å². The van der Waals surface area contributed by atoms with Gasteiger partial charge in [0.25, 0.3) is 5.91 Å². The van der Waals surface area contributed by atoms with Crippen LogP contribution in [0, 0.1) is 5.41 Å². The maximum Gasteiger partial charge on any atom is 0.404 e. The van der Waals surface area contributed by atoms with Gasteiger partial charge in [0, 0.05) is 22.7 Å². The van der Waals surface area contributed by atoms with Crippen LogP contribution in [0.5, 0.6) is 0 Å². The van der Waals surface area contributed by atoms with E-state index in [0.29, 0.717) is 17.7 Å². The van der Waals surface area contributed by atoms with Crippen molar-refractivity contribution in [2.45, 2.75) is 31.5 Å². The van der Waals surface area contributed by atoms with Gasteiger partial charge in [-0.3, -0.25) is 14.6 Å². The van der Waals surface area contributed by atoms with Crippen LogP contribution >= 0.6 is 0 Å². The number of nitrogens with zero attached hydrogens (tertiary/aromatic N) is 2. The summed E-state index contributed by atoms with van der Waals surface area (Å²) >= 11 is 0. The second-order valence-electron chi connectivity index (χ2n) is 10.2. The Morgan fingerprint density at radius 3 is 2.25 bits per heavy atom. The molecule has 3 atom stereocenters. The molecule has 1 unspecified atom stereocenters. The summed E-state index contributed by atoms with van der Waals surface area (Å²) in [5.74, 6) is -1.62. The van der Waals surface area contributed by atoms with Gasteiger partial charge in [0.05, 0.1) is 11.7 Å². The summed E-state index contributed by atoms with van der Waals surface area (Å²) in [7, 11) is 0. The highest BCUT2D eigenvalue weighted by molar-refractivity contribution is 6.08. The molecule has 1 aromatic heterocycles. The highest BCUT2D eigenvalue weighted by Gasteiger charge is 2.63. The zero-order valence-corrected chi connectivity index (χ0v) is 21.7. The van der Waals surface area contributed by atoms with Gasteiger partial charge >= 0.3 is 12.1 Å². The van der Waals surface area contributed by atoms with Gasteiger partial charge in [0.1, 0.15) is 12.6 Å². The van der Waals surface area contributed by atoms with E-state index in [4.69, 9.17) is 20.9 Å². The fraction of sp³-hybridized carbons (Fsp3) is 0.233. The van der Waals surface area contributed by atoms with E-state index in [1.54, 1.807) is 13.0 Å². The normalized spacial score (nSPS) is 22.5. The first-order valence-corrected chi connectivity index (χ1v) is 12.7. The Morgan fingerprint density at radius 2 is 1.68 bits per heavy atom. The Morgan fingerprint density at radius 1 is 1.05 bits per heavy atom. The number of hydrogen-bond acceptors (Lipinski definition) is 7. The average molecular weight is 541 g/mol. The Hall–Kier alpha value is -4.99. The minimum atomic E-state index is -1.04. The summed E-state index contributed by atoms with van der Waals surface area (Å²) in [5, 5.41) is 0. The molecule has 10 nitrogen and oxygen atoms in total. The van der Waals surface area contributed by atoms with Crippen molar-refractivity contribution < 1.29 is 28.7 Å². The smallest absolute Gasteiger partial charge is 0.404 e. The molecule has 0 radical (unpaired) electrons. The first kappa shape index (κ1) is 26.6. The number of carbonyl (C=O) groups is 4. The monoisotopic (exact) mass is 540 g/mol. The number of benzene rings is 2. The minimum Gasteiger partial charge on any atom is -0.451 e. The molecular formula is C30H28N4O6. The maximum atomic E-state index is 13.9. The van der Waals surface area contributed by atoms with E-state index >= 15 is 0 Å². The van der Waals surface area contributed by atoms with Gasteiger partial charge in [0.15, 0.2) is 6.10 Å². The Kier molecular flexibility index (Phi) is 7.08. The summed E-state index contributed by atoms with van der Waals surface area (Å²) in [6.45, 7) is 1.57. The van der Waals surface area contributed by atoms with Crippen LogP contribution in [-0.4, -0.2) is 52.5 Å². The molecule has 5 rings (SSSR count). The third kappa shape index (κ3) is 5.03. The predicted molar refractivity (Wildman–Crippen MR) is 144 cm³/mol. The number of hydrogen-bond donors (Lipinski definition) is 2. The standard InChI is InChI=1S/C30H28N4O6/c1-30(17-39-29(32)38)16-23-22(15-21-14-20(26(31)35)12-13-33-21)27(36)34(23)25(30)28(37)40-24(18-8-4-2-5-9-18)19-10-6-3-7-11-19/h2-15,23-25H,16-17H2,1H3,(H2,31,35)(H2,32,38)/b22-15+/t23?,25-,30-/m0/s1. The van der Waals surface area contributed by atoms with E-state index in [-0.39, 0.29) is 18.1 Å². The van der Waals surface area contributed by atoms with E-state index in [9.17, 15) is 19.2 Å². The number of carbonyl (C=O) groups excluding carboxylic acids is 4. The van der Waals surface area contributed by atoms with Crippen molar-refractivity contribution in [2.75, 3.05) is 6.61 Å². The summed E-state index contributed by atoms with van der Waals surface area (Å²) in [6.07, 6.45) is 1.62. The van der Waals surface area contributed by atoms with Crippen LogP contribution in [0.15, 0.2) is 84.6 Å². The number of fused-ring (bicyclic) bond motifs is 1. The molecule has 2 aliphatic rings. The van der Waals surface area contributed by atoms with Crippen molar-refractivity contribution in [1.29, 1.82) is 0 Å². The number of esters is 1. The fourth-order valence-corrected chi connectivity index (χ4v) is 5.45. The van der Waals surface area contributed by atoms with Crippen LogP contribution in [0.2, 0.25) is 0 Å². The molecule has 2 aromatic carbocycles. The predicted octanol–water partition coefficient (Wildman–Crippen LogP) is 2.98. The number of rotatable bonds is 8. The number of primary amides is 2. The summed E-state index contributed by atoms with van der Waals surface area (Å²) in [4.78, 5) is 56.1. The highest BCUT2D eigenvalue weighted by Crippen LogP contribution is 2.50. The third-order valence-corrected chi connectivity index (χ3v) is 7.35. The molecule has 2 aliphatic heterocycles. The molecule has 0 aliphatic carbocycles. The molecule has 3 heterocycles. The minimum absolute atomic E-state index is 0.188. The maximum absolute atomic E-state index is 13.9. The number of aromatic nitrogens is 1. The number of β-lactam (4-membered cyclic amide) rings is 1. The van der Waals surface area contributed by atoms with Gasteiger partial charge < -0.3 is 25.8 Å². The van der Waals surface area contributed by atoms with Gasteiger partial charge in [-0.1, -0.05) is 67.6 Å². The topological polar surface area (TPSA) is 155 Å². The molecule has 2 fully saturated rings. The molecule has 204 valence electrons. The molecule has 10 heteroatoms. The number of pyridine rings is 1. The average Bonchev–Trinajstić information content (AvgIpc) is 3.24. The largest absolute Gasteiger partial charge is 0.451 e. The van der Waals surface area contributed by atoms with Crippen LogP contribution in [0.25, 0.3) is 6.08 Å². The lowest BCUT2D eigenvalue weighted by molar-refractivity contribution is -0.163. The molecule has 0 spiro atoms. The number of amides is 3. The van der Waals surface area contributed by atoms with Crippen LogP contribution in [0.4, 0.5) is 4.79 Å². The molecular weight excluding hydrogens is 512 g/mol. The van der Waals surface area contributed by atoms with Gasteiger partial charge in [-0.25, -0.2) is 9.59 Å². The van der Waals surface area contributed by atoms with Crippen molar-refractivity contribution in [3.8, 4) is 0 Å². The Labute approximate surface area is 230 Å². The SMILES string of the molecule is C[C@@]1(COC(N)=O)CC2/C(=C\c3cc(C(N)=O)ccn3)C(=O)N2[C@H]1C(=O)OC(c1ccccc1)c1ccccc1. The molecule has 3 amide bonds. The molecule has 3 aromatic rings. The van der Waals surface area contributed by atoms with Crippen LogP contribution in [0.3, 0.4) is 0 Å². The van der Waals surface area contributed by atoms with Crippen molar-refractivity contribution in [1.82, 2.24) is 9.88 Å². The number of nitrogens with two attached hydrogens (primary N) is 2. The van der Waals surface area contributed by atoms with Gasteiger partial charge in [-0.2, -0.15) is 0 Å². The lowest BCUT2D eigenvalue weighted by Crippen LogP contribution is -2.58. The first-order valence-electron chi connectivity index (χ1n) is 12.7. The van der Waals surface area contributed by atoms with Gasteiger partial charge in [-0.05, 0) is 35.8 Å². The summed E-state index contributed by atoms with van der Waals surface area (Å²) in [6, 6.07) is 20.1. The van der Waals surface area contributed by atoms with E-state index < -0.39 is 41.6 Å². The van der Waals surface area contributed by atoms with Crippen molar-refractivity contribution in [3.63, 3.8) is 0 Å². The van der Waals surface area contributed by atoms with E-state index in [1.165, 1.54) is 23.2 Å². The van der Waals surface area contributed by atoms with E-state index in [0.717, 1.165) is 11.1 Å². The fourth-order valence-electron chi connectivity index (χ4n) is 5.45. The Balaban J connectivity index is 1.47. The van der Waals surface area contributed by atoms with E-state index in [2.05, 4.69) is 4.98 Å². The molecule has 0 bridgehead atoms. The zero-order valence-electron chi connectivity index (χ0n) is 21.7. The first-order chi connectivity index (χ1) is 19.2. The summed E-state index contributed by atoms with van der Waals surface area (Å²) in [5.41, 5.74) is 12.2. The summed E-state index contributed by atoms with van der Waals surface area (Å²) < 4.78 is 11.3. The zero-order chi connectivity index (χ0) is 28.4. The quantitative estimate of drug-likeness (QED) is 0.253. The van der Waals surface area contributed by atoms with Crippen molar-refractivity contribution >= 4 is 30.0 Å². The van der Waals surface area contributed by atoms with Crippen LogP contribution < -0.4 is 11.5 Å². The molecule has 2 saturated heterocycles. The lowest BCUT2D eigenvalue weighted by Gasteiger charge is -2.41. The van der Waals surface area contributed by atoms with Gasteiger partial charge in [0.2, 0.25) is 5.91 Å². The lowest BCUT2D eigenvalue weighted by atomic mass is 9.81. The van der Waals surface area contributed by atoms with E-state index in [1.807, 2.05) is 60.7 Å². The van der Waals surface area contributed by atoms with Crippen LogP contribution in [-0.2, 0) is 19.1 Å². The Bertz CT molecular complexity index is 1450. The molecule has 40 heavy (non-hydrogen) atoms. The number of ether oxygens (including phenoxy) is 2.